The highest BCUT2D eigenvalue weighted by Crippen LogP contribution is 2.50. The van der Waals surface area contributed by atoms with Gasteiger partial charge in [0.25, 0.3) is 0 Å². The smallest absolute Gasteiger partial charge is 0.232 e. The van der Waals surface area contributed by atoms with Crippen LogP contribution in [-0.2, 0) is 9.59 Å². The zero-order chi connectivity index (χ0) is 23.2. The average molecular weight is 474 g/mol. The molecule has 0 spiro atoms. The first-order chi connectivity index (χ1) is 15.1. The molecule has 0 radical (unpaired) electrons. The second-order valence-corrected chi connectivity index (χ2v) is 9.81. The van der Waals surface area contributed by atoms with Crippen molar-refractivity contribution in [2.45, 2.75) is 39.0 Å². The maximum Gasteiger partial charge on any atom is 0.232 e. The number of carbonyl (C=O) groups is 2. The Hall–Kier alpha value is -2.50. The van der Waals surface area contributed by atoms with Crippen molar-refractivity contribution in [1.82, 2.24) is 0 Å². The van der Waals surface area contributed by atoms with Gasteiger partial charge in [-0.2, -0.15) is 0 Å². The molecule has 1 aliphatic carbocycles. The summed E-state index contributed by atoms with van der Waals surface area (Å²) in [5, 5.41) is 0.910. The first-order valence-corrected chi connectivity index (χ1v) is 11.2. The van der Waals surface area contributed by atoms with Gasteiger partial charge in [-0.3, -0.25) is 14.5 Å². The Morgan fingerprint density at radius 1 is 0.969 bits per heavy atom. The van der Waals surface area contributed by atoms with E-state index in [1.54, 1.807) is 55.5 Å². The van der Waals surface area contributed by atoms with Gasteiger partial charge in [-0.25, -0.2) is 0 Å². The van der Waals surface area contributed by atoms with Gasteiger partial charge in [0.2, 0.25) is 5.91 Å². The molecule has 0 saturated carbocycles. The van der Waals surface area contributed by atoms with Gasteiger partial charge in [0, 0.05) is 58.3 Å². The number of allylic oxidation sites excluding steroid dienone is 2. The maximum absolute atomic E-state index is 13.6. The highest BCUT2D eigenvalue weighted by molar-refractivity contribution is 6.36. The first-order valence-electron chi connectivity index (χ1n) is 10.4. The van der Waals surface area contributed by atoms with Crippen molar-refractivity contribution >= 4 is 40.6 Å². The molecule has 1 amide bonds. The van der Waals surface area contributed by atoms with Crippen LogP contribution < -0.4 is 14.4 Å². The third-order valence-electron chi connectivity index (χ3n) is 6.09. The maximum atomic E-state index is 13.6. The van der Waals surface area contributed by atoms with Crippen LogP contribution in [0.15, 0.2) is 47.7 Å². The molecule has 1 unspecified atom stereocenters. The fourth-order valence-electron chi connectivity index (χ4n) is 4.73. The number of ether oxygens (including phenoxy) is 2. The Bertz CT molecular complexity index is 1100. The molecule has 1 heterocycles. The number of rotatable bonds is 4. The molecule has 0 fully saturated rings. The molecule has 0 aromatic heterocycles. The summed E-state index contributed by atoms with van der Waals surface area (Å²) in [6.07, 6.45) is 1.06. The van der Waals surface area contributed by atoms with Crippen molar-refractivity contribution in [3.8, 4) is 11.5 Å². The molecular formula is C25H25Cl2NO4. The van der Waals surface area contributed by atoms with Crippen LogP contribution in [0.1, 0.15) is 44.6 Å². The molecule has 2 aromatic rings. The second-order valence-electron chi connectivity index (χ2n) is 8.99. The predicted molar refractivity (Wildman–Crippen MR) is 126 cm³/mol. The number of halogens is 2. The number of nitrogens with zero attached hydrogens (tertiary/aromatic N) is 1. The Balaban J connectivity index is 1.95. The van der Waals surface area contributed by atoms with Gasteiger partial charge in [0.15, 0.2) is 5.78 Å². The minimum atomic E-state index is -0.481. The van der Waals surface area contributed by atoms with Gasteiger partial charge in [-0.15, -0.1) is 0 Å². The van der Waals surface area contributed by atoms with Crippen molar-refractivity contribution in [2.75, 3.05) is 19.1 Å². The van der Waals surface area contributed by atoms with Gasteiger partial charge >= 0.3 is 0 Å². The monoisotopic (exact) mass is 473 g/mol. The van der Waals surface area contributed by atoms with E-state index in [4.69, 9.17) is 32.7 Å². The molecule has 1 aliphatic heterocycles. The topological polar surface area (TPSA) is 55.8 Å². The Morgan fingerprint density at radius 3 is 2.12 bits per heavy atom. The summed E-state index contributed by atoms with van der Waals surface area (Å²) >= 11 is 13.0. The molecule has 0 bridgehead atoms. The van der Waals surface area contributed by atoms with Crippen LogP contribution >= 0.6 is 23.2 Å². The lowest BCUT2D eigenvalue weighted by molar-refractivity contribution is -0.120. The summed E-state index contributed by atoms with van der Waals surface area (Å²) in [5.74, 6) is 0.528. The third-order valence-corrected chi connectivity index (χ3v) is 6.74. The molecule has 32 heavy (non-hydrogen) atoms. The van der Waals surface area contributed by atoms with Crippen LogP contribution in [0.25, 0.3) is 0 Å². The van der Waals surface area contributed by atoms with Crippen molar-refractivity contribution in [2.24, 2.45) is 5.41 Å². The SMILES string of the molecule is COc1cc(OC)cc(N2C(=O)CC(c3c(Cl)cccc3Cl)C3=C2CC(C)(C)CC3=O)c1. The van der Waals surface area contributed by atoms with Crippen LogP contribution in [0.4, 0.5) is 5.69 Å². The molecule has 1 atom stereocenters. The summed E-state index contributed by atoms with van der Waals surface area (Å²) < 4.78 is 10.8. The molecule has 0 N–H and O–H groups in total. The number of carbonyl (C=O) groups excluding carboxylic acids is 2. The van der Waals surface area contributed by atoms with Gasteiger partial charge in [0.05, 0.1) is 19.9 Å². The molecule has 2 aromatic carbocycles. The molecule has 2 aliphatic rings. The molecule has 5 nitrogen and oxygen atoms in total. The fourth-order valence-corrected chi connectivity index (χ4v) is 5.39. The minimum Gasteiger partial charge on any atom is -0.497 e. The van der Waals surface area contributed by atoms with Gasteiger partial charge in [-0.05, 0) is 29.5 Å². The highest BCUT2D eigenvalue weighted by atomic mass is 35.5. The van der Waals surface area contributed by atoms with E-state index >= 15 is 0 Å². The van der Waals surface area contributed by atoms with E-state index in [1.165, 1.54) is 0 Å². The largest absolute Gasteiger partial charge is 0.497 e. The molecule has 0 saturated heterocycles. The Labute approximate surface area is 197 Å². The number of benzene rings is 2. The summed E-state index contributed by atoms with van der Waals surface area (Å²) in [6, 6.07) is 10.5. The normalized spacial score (nSPS) is 20.3. The number of ketones is 1. The number of hydrogen-bond acceptors (Lipinski definition) is 4. The van der Waals surface area contributed by atoms with E-state index in [9.17, 15) is 9.59 Å². The van der Waals surface area contributed by atoms with E-state index in [0.29, 0.717) is 56.9 Å². The standard InChI is InChI=1S/C25H25Cl2NO4/c1-25(2)12-20-24(21(29)13-25)17(23-18(26)6-5-7-19(23)27)11-22(30)28(20)14-8-15(31-3)10-16(9-14)32-4/h5-10,17H,11-13H2,1-4H3. The number of anilines is 1. The van der Waals surface area contributed by atoms with Gasteiger partial charge < -0.3 is 9.47 Å². The highest BCUT2D eigenvalue weighted by Gasteiger charge is 2.45. The number of methoxy groups -OCH3 is 2. The zero-order valence-corrected chi connectivity index (χ0v) is 20.0. The predicted octanol–water partition coefficient (Wildman–Crippen LogP) is 6.17. The van der Waals surface area contributed by atoms with E-state index < -0.39 is 5.92 Å². The van der Waals surface area contributed by atoms with Crippen LogP contribution in [-0.4, -0.2) is 25.9 Å². The van der Waals surface area contributed by atoms with E-state index in [0.717, 1.165) is 0 Å². The lowest BCUT2D eigenvalue weighted by Gasteiger charge is -2.43. The second kappa shape index (κ2) is 8.45. The quantitative estimate of drug-likeness (QED) is 0.532. The zero-order valence-electron chi connectivity index (χ0n) is 18.5. The summed E-state index contributed by atoms with van der Waals surface area (Å²) in [5.41, 5.74) is 2.25. The molecular weight excluding hydrogens is 449 g/mol. The van der Waals surface area contributed by atoms with Gasteiger partial charge in [-0.1, -0.05) is 43.1 Å². The summed E-state index contributed by atoms with van der Waals surface area (Å²) in [7, 11) is 3.12. The van der Waals surface area contributed by atoms with Crippen molar-refractivity contribution in [3.05, 3.63) is 63.3 Å². The third kappa shape index (κ3) is 4.00. The minimum absolute atomic E-state index is 0.0181. The van der Waals surface area contributed by atoms with E-state index in [1.807, 2.05) is 13.8 Å². The average Bonchev–Trinajstić information content (AvgIpc) is 2.71. The van der Waals surface area contributed by atoms with E-state index in [-0.39, 0.29) is 23.5 Å². The van der Waals surface area contributed by atoms with Crippen molar-refractivity contribution in [1.29, 1.82) is 0 Å². The molecule has 7 heteroatoms. The van der Waals surface area contributed by atoms with Crippen LogP contribution in [0.3, 0.4) is 0 Å². The Morgan fingerprint density at radius 2 is 1.56 bits per heavy atom. The van der Waals surface area contributed by atoms with Crippen LogP contribution in [0, 0.1) is 5.41 Å². The summed E-state index contributed by atoms with van der Waals surface area (Å²) in [6.45, 7) is 4.07. The van der Waals surface area contributed by atoms with Crippen LogP contribution in [0.5, 0.6) is 11.5 Å². The fraction of sp³-hybridized carbons (Fsp3) is 0.360. The van der Waals surface area contributed by atoms with Crippen molar-refractivity contribution in [3.63, 3.8) is 0 Å². The number of Topliss-reactive ketones (excluding diaryl/α,β-unsaturated/α-hetero) is 1. The van der Waals surface area contributed by atoms with Crippen LogP contribution in [0.2, 0.25) is 10.0 Å². The lowest BCUT2D eigenvalue weighted by Crippen LogP contribution is -2.43. The lowest BCUT2D eigenvalue weighted by atomic mass is 9.69. The van der Waals surface area contributed by atoms with E-state index in [2.05, 4.69) is 0 Å². The molecule has 4 rings (SSSR count). The summed E-state index contributed by atoms with van der Waals surface area (Å²) in [4.78, 5) is 28.7. The molecule has 168 valence electrons. The Kier molecular flexibility index (Phi) is 5.99. The number of hydrogen-bond donors (Lipinski definition) is 0. The van der Waals surface area contributed by atoms with Gasteiger partial charge in [0.1, 0.15) is 11.5 Å². The van der Waals surface area contributed by atoms with Crippen molar-refractivity contribution < 1.29 is 19.1 Å². The first kappa shape index (κ1) is 22.7. The number of amides is 1.